The van der Waals surface area contributed by atoms with Gasteiger partial charge in [0.25, 0.3) is 0 Å². The second-order valence-electron chi connectivity index (χ2n) is 3.45. The van der Waals surface area contributed by atoms with E-state index in [2.05, 4.69) is 10.1 Å². The van der Waals surface area contributed by atoms with Crippen LogP contribution >= 0.6 is 12.2 Å². The van der Waals surface area contributed by atoms with Crippen molar-refractivity contribution in [1.29, 1.82) is 0 Å². The molecule has 0 spiro atoms. The van der Waals surface area contributed by atoms with Gasteiger partial charge in [-0.3, -0.25) is 4.79 Å². The first-order chi connectivity index (χ1) is 7.47. The lowest BCUT2D eigenvalue weighted by molar-refractivity contribution is -0.159. The van der Waals surface area contributed by atoms with Crippen molar-refractivity contribution in [2.75, 3.05) is 6.54 Å². The van der Waals surface area contributed by atoms with Gasteiger partial charge < -0.3 is 15.8 Å². The standard InChI is InChI=1S/C10H18N2O3S/c1-7(16)12-9(5-3-4-6-11)10(14)15-8(2)13/h9H,3-6,11H2,1-2H3,(H,12,16)/t9-/m0/s1. The number of carbonyl (C=O) groups excluding carboxylic acids is 2. The SMILES string of the molecule is CC(=O)OC(=O)[C@H](CCCCN)NC(C)=S. The van der Waals surface area contributed by atoms with Crippen molar-refractivity contribution in [3.05, 3.63) is 0 Å². The summed E-state index contributed by atoms with van der Waals surface area (Å²) in [5.41, 5.74) is 5.36. The molecular weight excluding hydrogens is 228 g/mol. The fourth-order valence-electron chi connectivity index (χ4n) is 1.20. The van der Waals surface area contributed by atoms with Gasteiger partial charge in [-0.25, -0.2) is 4.79 Å². The molecule has 6 heteroatoms. The van der Waals surface area contributed by atoms with Crippen LogP contribution in [0.15, 0.2) is 0 Å². The van der Waals surface area contributed by atoms with Crippen LogP contribution in [0.4, 0.5) is 0 Å². The third kappa shape index (κ3) is 7.30. The van der Waals surface area contributed by atoms with E-state index in [0.717, 1.165) is 12.8 Å². The zero-order valence-corrected chi connectivity index (χ0v) is 10.4. The number of nitrogens with one attached hydrogen (secondary N) is 1. The molecule has 0 aromatic heterocycles. The van der Waals surface area contributed by atoms with E-state index in [1.807, 2.05) is 0 Å². The van der Waals surface area contributed by atoms with Gasteiger partial charge in [-0.15, -0.1) is 0 Å². The molecule has 0 radical (unpaired) electrons. The zero-order valence-electron chi connectivity index (χ0n) is 9.62. The summed E-state index contributed by atoms with van der Waals surface area (Å²) in [7, 11) is 0. The molecular formula is C10H18N2O3S. The summed E-state index contributed by atoms with van der Waals surface area (Å²) in [6.07, 6.45) is 2.16. The summed E-state index contributed by atoms with van der Waals surface area (Å²) in [5.74, 6) is -1.20. The Hall–Kier alpha value is -1.01. The Morgan fingerprint density at radius 2 is 2.00 bits per heavy atom. The van der Waals surface area contributed by atoms with Crippen molar-refractivity contribution in [3.63, 3.8) is 0 Å². The van der Waals surface area contributed by atoms with Gasteiger partial charge in [-0.2, -0.15) is 0 Å². The third-order valence-corrected chi connectivity index (χ3v) is 1.97. The second-order valence-corrected chi connectivity index (χ2v) is 4.06. The third-order valence-electron chi connectivity index (χ3n) is 1.85. The summed E-state index contributed by atoms with van der Waals surface area (Å²) in [6, 6.07) is -0.562. The topological polar surface area (TPSA) is 81.4 Å². The van der Waals surface area contributed by atoms with E-state index in [1.165, 1.54) is 6.92 Å². The number of thiocarbonyl (C=S) groups is 1. The largest absolute Gasteiger partial charge is 0.392 e. The number of hydrogen-bond acceptors (Lipinski definition) is 5. The Labute approximate surface area is 101 Å². The molecule has 0 aromatic carbocycles. The van der Waals surface area contributed by atoms with Crippen molar-refractivity contribution in [3.8, 4) is 0 Å². The number of unbranched alkanes of at least 4 members (excludes halogenated alkanes) is 1. The Balaban J connectivity index is 4.23. The van der Waals surface area contributed by atoms with Crippen LogP contribution in [0.25, 0.3) is 0 Å². The Bertz CT molecular complexity index is 269. The van der Waals surface area contributed by atoms with Crippen LogP contribution in [-0.4, -0.2) is 29.5 Å². The molecule has 0 rings (SSSR count). The van der Waals surface area contributed by atoms with Gasteiger partial charge in [0.2, 0.25) is 0 Å². The van der Waals surface area contributed by atoms with Crippen LogP contribution in [0, 0.1) is 0 Å². The van der Waals surface area contributed by atoms with Gasteiger partial charge in [0.1, 0.15) is 6.04 Å². The predicted molar refractivity (Wildman–Crippen MR) is 64.9 cm³/mol. The van der Waals surface area contributed by atoms with E-state index >= 15 is 0 Å². The maximum atomic E-state index is 11.5. The fraction of sp³-hybridized carbons (Fsp3) is 0.700. The van der Waals surface area contributed by atoms with Gasteiger partial charge in [0.05, 0.1) is 4.99 Å². The van der Waals surface area contributed by atoms with Crippen LogP contribution in [0.3, 0.4) is 0 Å². The first-order valence-electron chi connectivity index (χ1n) is 5.16. The molecule has 5 nitrogen and oxygen atoms in total. The highest BCUT2D eigenvalue weighted by atomic mass is 32.1. The molecule has 0 heterocycles. The quantitative estimate of drug-likeness (QED) is 0.307. The number of rotatable bonds is 6. The highest BCUT2D eigenvalue weighted by Crippen LogP contribution is 2.03. The summed E-state index contributed by atoms with van der Waals surface area (Å²) in [6.45, 7) is 3.44. The molecule has 0 amide bonds. The fourth-order valence-corrected chi connectivity index (χ4v) is 1.34. The highest BCUT2D eigenvalue weighted by Gasteiger charge is 2.20. The Morgan fingerprint density at radius 1 is 1.38 bits per heavy atom. The number of hydrogen-bond donors (Lipinski definition) is 2. The van der Waals surface area contributed by atoms with E-state index in [1.54, 1.807) is 6.92 Å². The van der Waals surface area contributed by atoms with Gasteiger partial charge in [-0.05, 0) is 32.7 Å². The van der Waals surface area contributed by atoms with E-state index in [9.17, 15) is 9.59 Å². The lowest BCUT2D eigenvalue weighted by Gasteiger charge is -2.16. The van der Waals surface area contributed by atoms with Crippen molar-refractivity contribution in [1.82, 2.24) is 5.32 Å². The molecule has 0 aromatic rings. The molecule has 1 atom stereocenters. The maximum Gasteiger partial charge on any atom is 0.336 e. The van der Waals surface area contributed by atoms with Crippen molar-refractivity contribution in [2.24, 2.45) is 5.73 Å². The first-order valence-corrected chi connectivity index (χ1v) is 5.57. The Morgan fingerprint density at radius 3 is 2.44 bits per heavy atom. The summed E-state index contributed by atoms with van der Waals surface area (Å²) >= 11 is 4.85. The normalized spacial score (nSPS) is 11.7. The van der Waals surface area contributed by atoms with Crippen molar-refractivity contribution >= 4 is 29.1 Å². The summed E-state index contributed by atoms with van der Waals surface area (Å²) in [5, 5.41) is 2.81. The zero-order chi connectivity index (χ0) is 12.6. The van der Waals surface area contributed by atoms with Crippen molar-refractivity contribution in [2.45, 2.75) is 39.2 Å². The minimum atomic E-state index is -0.613. The molecule has 0 aliphatic carbocycles. The monoisotopic (exact) mass is 246 g/mol. The van der Waals surface area contributed by atoms with Crippen molar-refractivity contribution < 1.29 is 14.3 Å². The minimum Gasteiger partial charge on any atom is -0.392 e. The van der Waals surface area contributed by atoms with E-state index in [4.69, 9.17) is 18.0 Å². The first kappa shape index (κ1) is 15.0. The minimum absolute atomic E-state index is 0.498. The van der Waals surface area contributed by atoms with E-state index < -0.39 is 18.0 Å². The highest BCUT2D eigenvalue weighted by molar-refractivity contribution is 7.80. The number of ether oxygens (including phenoxy) is 1. The van der Waals surface area contributed by atoms with Crippen LogP contribution in [0.5, 0.6) is 0 Å². The smallest absolute Gasteiger partial charge is 0.336 e. The number of esters is 2. The number of nitrogens with two attached hydrogens (primary N) is 1. The Kier molecular flexibility index (Phi) is 7.66. The molecule has 0 saturated heterocycles. The molecule has 0 fully saturated rings. The second kappa shape index (κ2) is 8.18. The average molecular weight is 246 g/mol. The molecule has 0 unspecified atom stereocenters. The van der Waals surface area contributed by atoms with Crippen LogP contribution in [0.2, 0.25) is 0 Å². The van der Waals surface area contributed by atoms with Crippen LogP contribution in [-0.2, 0) is 14.3 Å². The molecule has 0 bridgehead atoms. The molecule has 0 saturated carbocycles. The molecule has 0 aliphatic rings. The summed E-state index contributed by atoms with van der Waals surface area (Å²) in [4.78, 5) is 22.6. The predicted octanol–water partition coefficient (Wildman–Crippen LogP) is 0.511. The lowest BCUT2D eigenvalue weighted by Crippen LogP contribution is -2.40. The van der Waals surface area contributed by atoms with Gasteiger partial charge >= 0.3 is 11.9 Å². The van der Waals surface area contributed by atoms with Crippen LogP contribution in [0.1, 0.15) is 33.1 Å². The van der Waals surface area contributed by atoms with E-state index in [0.29, 0.717) is 18.0 Å². The van der Waals surface area contributed by atoms with E-state index in [-0.39, 0.29) is 0 Å². The molecule has 92 valence electrons. The van der Waals surface area contributed by atoms with Gasteiger partial charge in [0, 0.05) is 6.92 Å². The van der Waals surface area contributed by atoms with Gasteiger partial charge in [-0.1, -0.05) is 12.2 Å². The number of carbonyl (C=O) groups is 2. The average Bonchev–Trinajstić information content (AvgIpc) is 2.14. The molecule has 16 heavy (non-hydrogen) atoms. The maximum absolute atomic E-state index is 11.5. The summed E-state index contributed by atoms with van der Waals surface area (Å²) < 4.78 is 4.51. The van der Waals surface area contributed by atoms with Gasteiger partial charge in [0.15, 0.2) is 0 Å². The molecule has 3 N–H and O–H groups in total. The molecule has 0 aliphatic heterocycles. The lowest BCUT2D eigenvalue weighted by atomic mass is 10.1. The van der Waals surface area contributed by atoms with Crippen LogP contribution < -0.4 is 11.1 Å².